The minimum Gasteiger partial charge on any atom is -0.399 e. The number of nitrogen functional groups attached to an aromatic ring is 1. The Bertz CT molecular complexity index is 656. The Morgan fingerprint density at radius 1 is 1.16 bits per heavy atom. The Balaban J connectivity index is 2.08. The lowest BCUT2D eigenvalue weighted by Crippen LogP contribution is -1.88. The van der Waals surface area contributed by atoms with Crippen LogP contribution in [-0.4, -0.2) is 0 Å². The smallest absolute Gasteiger partial charge is 0.131 e. The minimum absolute atomic E-state index is 0.288. The summed E-state index contributed by atoms with van der Waals surface area (Å²) in [7, 11) is 0. The lowest BCUT2D eigenvalue weighted by molar-refractivity contribution is 0.625. The summed E-state index contributed by atoms with van der Waals surface area (Å²) in [4.78, 5) is 0. The first-order chi connectivity index (χ1) is 9.15. The van der Waals surface area contributed by atoms with Crippen LogP contribution in [0.3, 0.4) is 0 Å². The van der Waals surface area contributed by atoms with Crippen molar-refractivity contribution in [2.45, 2.75) is 12.8 Å². The van der Waals surface area contributed by atoms with Gasteiger partial charge in [-0.2, -0.15) is 0 Å². The molecule has 96 valence electrons. The van der Waals surface area contributed by atoms with Gasteiger partial charge in [-0.3, -0.25) is 0 Å². The molecule has 0 radical (unpaired) electrons. The molecule has 0 unspecified atom stereocenters. The zero-order valence-corrected chi connectivity index (χ0v) is 11.0. The summed E-state index contributed by atoms with van der Waals surface area (Å²) >= 11 is 6.06. The van der Waals surface area contributed by atoms with Crippen LogP contribution in [0.25, 0.3) is 11.6 Å². The molecule has 0 saturated heterocycles. The van der Waals surface area contributed by atoms with Gasteiger partial charge in [-0.15, -0.1) is 0 Å². The average Bonchev–Trinajstić information content (AvgIpc) is 2.76. The van der Waals surface area contributed by atoms with Crippen molar-refractivity contribution in [3.05, 3.63) is 63.9 Å². The molecule has 0 saturated carbocycles. The molecular formula is C16H13ClFN. The lowest BCUT2D eigenvalue weighted by Gasteiger charge is -2.05. The second kappa shape index (κ2) is 4.71. The summed E-state index contributed by atoms with van der Waals surface area (Å²) in [5, 5.41) is 0.441. The quantitative estimate of drug-likeness (QED) is 0.758. The topological polar surface area (TPSA) is 26.0 Å². The molecule has 0 fully saturated rings. The summed E-state index contributed by atoms with van der Waals surface area (Å²) in [5.74, 6) is -0.288. The monoisotopic (exact) mass is 273 g/mol. The number of benzene rings is 2. The van der Waals surface area contributed by atoms with Gasteiger partial charge in [-0.25, -0.2) is 4.39 Å². The zero-order chi connectivity index (χ0) is 13.4. The second-order valence-electron chi connectivity index (χ2n) is 4.72. The van der Waals surface area contributed by atoms with Crippen molar-refractivity contribution < 1.29 is 4.39 Å². The number of fused-ring (bicyclic) bond motifs is 1. The van der Waals surface area contributed by atoms with E-state index in [1.54, 1.807) is 12.1 Å². The van der Waals surface area contributed by atoms with Crippen molar-refractivity contribution >= 4 is 28.9 Å². The fourth-order valence-electron chi connectivity index (χ4n) is 2.51. The maximum Gasteiger partial charge on any atom is 0.131 e. The van der Waals surface area contributed by atoms with E-state index in [1.807, 2.05) is 24.3 Å². The summed E-state index contributed by atoms with van der Waals surface area (Å²) in [6.07, 6.45) is 3.68. The minimum atomic E-state index is -0.288. The van der Waals surface area contributed by atoms with Crippen molar-refractivity contribution in [1.29, 1.82) is 0 Å². The third-order valence-electron chi connectivity index (χ3n) is 3.46. The molecular weight excluding hydrogens is 261 g/mol. The van der Waals surface area contributed by atoms with Crippen LogP contribution in [0.4, 0.5) is 10.1 Å². The first-order valence-electron chi connectivity index (χ1n) is 6.18. The second-order valence-corrected chi connectivity index (χ2v) is 5.13. The molecule has 1 nitrogen and oxygen atoms in total. The first kappa shape index (κ1) is 12.2. The summed E-state index contributed by atoms with van der Waals surface area (Å²) in [6.45, 7) is 0. The van der Waals surface area contributed by atoms with Gasteiger partial charge in [0.05, 0.1) is 5.02 Å². The molecule has 0 aromatic heterocycles. The van der Waals surface area contributed by atoms with E-state index < -0.39 is 0 Å². The molecule has 2 N–H and O–H groups in total. The van der Waals surface area contributed by atoms with Gasteiger partial charge in [-0.1, -0.05) is 23.7 Å². The molecule has 3 rings (SSSR count). The van der Waals surface area contributed by atoms with E-state index in [-0.39, 0.29) is 5.82 Å². The molecule has 19 heavy (non-hydrogen) atoms. The van der Waals surface area contributed by atoms with Gasteiger partial charge in [0.25, 0.3) is 0 Å². The number of nitrogens with two attached hydrogens (primary N) is 1. The number of anilines is 1. The highest BCUT2D eigenvalue weighted by atomic mass is 35.5. The Kier molecular flexibility index (Phi) is 3.03. The van der Waals surface area contributed by atoms with Crippen molar-refractivity contribution in [2.24, 2.45) is 0 Å². The highest BCUT2D eigenvalue weighted by molar-refractivity contribution is 6.32. The Morgan fingerprint density at radius 2 is 2.00 bits per heavy atom. The Labute approximate surface area is 116 Å². The highest BCUT2D eigenvalue weighted by Gasteiger charge is 2.17. The van der Waals surface area contributed by atoms with Crippen LogP contribution in [0, 0.1) is 5.82 Å². The number of hydrogen-bond donors (Lipinski definition) is 1. The van der Waals surface area contributed by atoms with Gasteiger partial charge in [0, 0.05) is 11.3 Å². The van der Waals surface area contributed by atoms with Crippen molar-refractivity contribution in [2.75, 3.05) is 5.73 Å². The van der Waals surface area contributed by atoms with E-state index in [1.165, 1.54) is 11.6 Å². The molecule has 0 aliphatic heterocycles. The molecule has 0 bridgehead atoms. The average molecular weight is 274 g/mol. The molecule has 2 aromatic carbocycles. The van der Waals surface area contributed by atoms with Crippen LogP contribution >= 0.6 is 11.6 Å². The largest absolute Gasteiger partial charge is 0.399 e. The normalized spacial score (nSPS) is 15.8. The van der Waals surface area contributed by atoms with Crippen LogP contribution < -0.4 is 5.73 Å². The number of halogens is 2. The Hall–Kier alpha value is -1.80. The van der Waals surface area contributed by atoms with Gasteiger partial charge in [0.2, 0.25) is 0 Å². The maximum atomic E-state index is 13.8. The summed E-state index contributed by atoms with van der Waals surface area (Å²) in [5.41, 5.74) is 10.5. The van der Waals surface area contributed by atoms with Crippen LogP contribution in [0.5, 0.6) is 0 Å². The van der Waals surface area contributed by atoms with E-state index in [0.717, 1.165) is 29.7 Å². The standard InChI is InChI=1S/C16H13ClFN/c17-15-2-1-3-16(18)14(15)9-11-5-4-10-8-12(19)6-7-13(10)11/h1-3,6-9H,4-5,19H2. The lowest BCUT2D eigenvalue weighted by atomic mass is 10.0. The van der Waals surface area contributed by atoms with Crippen molar-refractivity contribution in [3.8, 4) is 0 Å². The van der Waals surface area contributed by atoms with Gasteiger partial charge >= 0.3 is 0 Å². The third kappa shape index (κ3) is 2.24. The molecule has 0 spiro atoms. The van der Waals surface area contributed by atoms with Gasteiger partial charge in [-0.05, 0) is 59.9 Å². The van der Waals surface area contributed by atoms with Crippen molar-refractivity contribution in [1.82, 2.24) is 0 Å². The predicted molar refractivity (Wildman–Crippen MR) is 78.5 cm³/mol. The molecule has 0 amide bonds. The Morgan fingerprint density at radius 3 is 2.79 bits per heavy atom. The van der Waals surface area contributed by atoms with Crippen LogP contribution in [0.15, 0.2) is 36.4 Å². The summed E-state index contributed by atoms with van der Waals surface area (Å²) < 4.78 is 13.8. The molecule has 2 aromatic rings. The fourth-order valence-corrected chi connectivity index (χ4v) is 2.73. The number of aryl methyl sites for hydroxylation is 1. The molecule has 1 aliphatic rings. The van der Waals surface area contributed by atoms with Gasteiger partial charge in [0.1, 0.15) is 5.82 Å². The van der Waals surface area contributed by atoms with E-state index in [2.05, 4.69) is 0 Å². The molecule has 3 heteroatoms. The maximum absolute atomic E-state index is 13.8. The van der Waals surface area contributed by atoms with Crippen LogP contribution in [0.2, 0.25) is 5.02 Å². The predicted octanol–water partition coefficient (Wildman–Crippen LogP) is 4.55. The fraction of sp³-hybridized carbons (Fsp3) is 0.125. The SMILES string of the molecule is Nc1ccc2c(c1)CCC2=Cc1c(F)cccc1Cl. The third-order valence-corrected chi connectivity index (χ3v) is 3.79. The van der Waals surface area contributed by atoms with Crippen LogP contribution in [0.1, 0.15) is 23.1 Å². The van der Waals surface area contributed by atoms with E-state index in [9.17, 15) is 4.39 Å². The van der Waals surface area contributed by atoms with Gasteiger partial charge < -0.3 is 5.73 Å². The van der Waals surface area contributed by atoms with Crippen LogP contribution in [-0.2, 0) is 6.42 Å². The number of hydrogen-bond acceptors (Lipinski definition) is 1. The van der Waals surface area contributed by atoms with E-state index in [4.69, 9.17) is 17.3 Å². The number of rotatable bonds is 1. The zero-order valence-electron chi connectivity index (χ0n) is 10.3. The molecule has 0 heterocycles. The van der Waals surface area contributed by atoms with Gasteiger partial charge in [0.15, 0.2) is 0 Å². The van der Waals surface area contributed by atoms with Crippen molar-refractivity contribution in [3.63, 3.8) is 0 Å². The van der Waals surface area contributed by atoms with E-state index in [0.29, 0.717) is 10.6 Å². The first-order valence-corrected chi connectivity index (χ1v) is 6.56. The summed E-state index contributed by atoms with van der Waals surface area (Å²) in [6, 6.07) is 10.6. The molecule has 1 aliphatic carbocycles. The highest BCUT2D eigenvalue weighted by Crippen LogP contribution is 2.36. The number of allylic oxidation sites excluding steroid dienone is 1. The van der Waals surface area contributed by atoms with E-state index >= 15 is 0 Å². The molecule has 0 atom stereocenters.